The van der Waals surface area contributed by atoms with Crippen LogP contribution in [-0.4, -0.2) is 69.9 Å². The maximum Gasteiger partial charge on any atom is 0.410 e. The second-order valence-electron chi connectivity index (χ2n) is 13.5. The predicted octanol–water partition coefficient (Wildman–Crippen LogP) is 6.88. The minimum Gasteiger partial charge on any atom is -0.497 e. The highest BCUT2D eigenvalue weighted by molar-refractivity contribution is 5.76. The average Bonchev–Trinajstić information content (AvgIpc) is 3.41. The van der Waals surface area contributed by atoms with E-state index in [-0.39, 0.29) is 11.5 Å². The number of rotatable bonds is 6. The highest BCUT2D eigenvalue weighted by Crippen LogP contribution is 2.45. The van der Waals surface area contributed by atoms with Crippen LogP contribution in [0.15, 0.2) is 48.5 Å². The number of methoxy groups -OCH3 is 1. The molecule has 3 saturated heterocycles. The smallest absolute Gasteiger partial charge is 0.410 e. The highest BCUT2D eigenvalue weighted by atomic mass is 16.6. The Morgan fingerprint density at radius 2 is 1.71 bits per heavy atom. The van der Waals surface area contributed by atoms with Gasteiger partial charge in [-0.05, 0) is 109 Å². The zero-order chi connectivity index (χ0) is 28.8. The largest absolute Gasteiger partial charge is 0.497 e. The van der Waals surface area contributed by atoms with Crippen LogP contribution in [0.5, 0.6) is 5.75 Å². The Labute approximate surface area is 244 Å². The van der Waals surface area contributed by atoms with Gasteiger partial charge < -0.3 is 18.9 Å². The maximum absolute atomic E-state index is 12.9. The molecule has 3 aliphatic heterocycles. The molecule has 0 N–H and O–H groups in total. The molecular formula is C34H46N4O3. The quantitative estimate of drug-likeness (QED) is 0.330. The summed E-state index contributed by atoms with van der Waals surface area (Å²) in [6.45, 7) is 10.5. The summed E-state index contributed by atoms with van der Waals surface area (Å²) >= 11 is 0. The molecule has 2 atom stereocenters. The fraction of sp³-hybridized carbons (Fsp3) is 0.588. The molecule has 3 fully saturated rings. The van der Waals surface area contributed by atoms with Crippen molar-refractivity contribution in [3.8, 4) is 5.75 Å². The normalized spacial score (nSPS) is 24.5. The summed E-state index contributed by atoms with van der Waals surface area (Å²) in [7, 11) is 1.74. The number of hydrogen-bond donors (Lipinski definition) is 0. The summed E-state index contributed by atoms with van der Waals surface area (Å²) in [6.07, 6.45) is 7.71. The Morgan fingerprint density at radius 3 is 2.39 bits per heavy atom. The van der Waals surface area contributed by atoms with Gasteiger partial charge in [0.1, 0.15) is 17.2 Å². The summed E-state index contributed by atoms with van der Waals surface area (Å²) in [6, 6.07) is 18.9. The minimum absolute atomic E-state index is 0.0144. The van der Waals surface area contributed by atoms with Gasteiger partial charge in [0, 0.05) is 36.6 Å². The van der Waals surface area contributed by atoms with Gasteiger partial charge in [-0.3, -0.25) is 4.90 Å². The SMILES string of the molecule is COc1cccc(C2(CCN3C4CCC3CC(n3c(C)nc5ccccc53)C4)CCN(C(=O)OC(C)(C)C)CC2)c1. The number of likely N-dealkylation sites (tertiary alicyclic amines) is 1. The lowest BCUT2D eigenvalue weighted by Gasteiger charge is -2.45. The van der Waals surface area contributed by atoms with Crippen LogP contribution in [0.4, 0.5) is 4.79 Å². The van der Waals surface area contributed by atoms with E-state index in [0.29, 0.717) is 31.2 Å². The van der Waals surface area contributed by atoms with E-state index < -0.39 is 5.60 Å². The van der Waals surface area contributed by atoms with Gasteiger partial charge in [0.05, 0.1) is 18.1 Å². The molecule has 0 saturated carbocycles. The number of amides is 1. The molecule has 3 aromatic rings. The van der Waals surface area contributed by atoms with Gasteiger partial charge in [0.2, 0.25) is 0 Å². The molecule has 4 heterocycles. The van der Waals surface area contributed by atoms with Crippen LogP contribution >= 0.6 is 0 Å². The van der Waals surface area contributed by atoms with Gasteiger partial charge in [0.25, 0.3) is 0 Å². The van der Waals surface area contributed by atoms with Crippen molar-refractivity contribution in [2.24, 2.45) is 0 Å². The van der Waals surface area contributed by atoms with Crippen molar-refractivity contribution in [2.75, 3.05) is 26.7 Å². The number of fused-ring (bicyclic) bond motifs is 3. The van der Waals surface area contributed by atoms with Crippen LogP contribution in [0.25, 0.3) is 11.0 Å². The van der Waals surface area contributed by atoms with Crippen molar-refractivity contribution >= 4 is 17.1 Å². The van der Waals surface area contributed by atoms with Crippen molar-refractivity contribution in [2.45, 2.75) is 102 Å². The van der Waals surface area contributed by atoms with Gasteiger partial charge in [-0.1, -0.05) is 24.3 Å². The van der Waals surface area contributed by atoms with Gasteiger partial charge in [-0.15, -0.1) is 0 Å². The molecule has 0 spiro atoms. The van der Waals surface area contributed by atoms with Crippen molar-refractivity contribution in [1.82, 2.24) is 19.4 Å². The Balaban J connectivity index is 1.18. The second-order valence-corrected chi connectivity index (χ2v) is 13.5. The van der Waals surface area contributed by atoms with Gasteiger partial charge in [0.15, 0.2) is 0 Å². The number of aryl methyl sites for hydroxylation is 1. The summed E-state index contributed by atoms with van der Waals surface area (Å²) in [5.41, 5.74) is 3.25. The summed E-state index contributed by atoms with van der Waals surface area (Å²) in [5, 5.41) is 0. The molecule has 1 aromatic heterocycles. The standard InChI is InChI=1S/C34H46N4O3/c1-24-35-30-11-6-7-12-31(30)38(24)28-22-26-13-14-27(23-28)37(26)20-17-34(25-9-8-10-29(21-25)40-5)15-18-36(19-16-34)32(39)41-33(2,3)4/h6-12,21,26-28H,13-20,22-23H2,1-5H3. The fourth-order valence-electron chi connectivity index (χ4n) is 7.87. The summed E-state index contributed by atoms with van der Waals surface area (Å²) < 4.78 is 13.9. The zero-order valence-electron chi connectivity index (χ0n) is 25.4. The molecule has 3 aliphatic rings. The molecule has 6 rings (SSSR count). The van der Waals surface area contributed by atoms with Gasteiger partial charge in [-0.25, -0.2) is 9.78 Å². The zero-order valence-corrected chi connectivity index (χ0v) is 25.4. The Kier molecular flexibility index (Phi) is 7.52. The van der Waals surface area contributed by atoms with Crippen LogP contribution < -0.4 is 4.74 Å². The first-order valence-corrected chi connectivity index (χ1v) is 15.5. The summed E-state index contributed by atoms with van der Waals surface area (Å²) in [4.78, 5) is 22.5. The predicted molar refractivity (Wildman–Crippen MR) is 163 cm³/mol. The first-order chi connectivity index (χ1) is 19.7. The van der Waals surface area contributed by atoms with E-state index in [1.54, 1.807) is 7.11 Å². The van der Waals surface area contributed by atoms with E-state index in [0.717, 1.165) is 42.9 Å². The van der Waals surface area contributed by atoms with Crippen LogP contribution in [-0.2, 0) is 10.2 Å². The lowest BCUT2D eigenvalue weighted by molar-refractivity contribution is 0.0143. The third kappa shape index (κ3) is 5.57. The molecule has 41 heavy (non-hydrogen) atoms. The maximum atomic E-state index is 12.9. The molecule has 2 bridgehead atoms. The number of carbonyl (C=O) groups excluding carboxylic acids is 1. The molecule has 7 nitrogen and oxygen atoms in total. The number of nitrogens with zero attached hydrogens (tertiary/aromatic N) is 4. The van der Waals surface area contributed by atoms with E-state index in [4.69, 9.17) is 14.5 Å². The molecule has 2 aromatic carbocycles. The highest BCUT2D eigenvalue weighted by Gasteiger charge is 2.44. The van der Waals surface area contributed by atoms with Crippen LogP contribution in [0.3, 0.4) is 0 Å². The Hall–Kier alpha value is -3.06. The van der Waals surface area contributed by atoms with Crippen LogP contribution in [0.1, 0.15) is 83.1 Å². The van der Waals surface area contributed by atoms with E-state index >= 15 is 0 Å². The van der Waals surface area contributed by atoms with Crippen molar-refractivity contribution in [3.63, 3.8) is 0 Å². The van der Waals surface area contributed by atoms with Crippen molar-refractivity contribution in [1.29, 1.82) is 0 Å². The average molecular weight is 559 g/mol. The van der Waals surface area contributed by atoms with E-state index in [2.05, 4.69) is 58.9 Å². The van der Waals surface area contributed by atoms with Crippen LogP contribution in [0, 0.1) is 6.92 Å². The lowest BCUT2D eigenvalue weighted by atomic mass is 9.70. The third-order valence-electron chi connectivity index (χ3n) is 9.90. The molecule has 0 aliphatic carbocycles. The molecule has 2 unspecified atom stereocenters. The number of hydrogen-bond acceptors (Lipinski definition) is 5. The Bertz CT molecular complexity index is 1370. The number of benzene rings is 2. The van der Waals surface area contributed by atoms with E-state index in [1.807, 2.05) is 31.7 Å². The lowest BCUT2D eigenvalue weighted by Crippen LogP contribution is -2.49. The number of piperidine rings is 2. The first kappa shape index (κ1) is 28.1. The Morgan fingerprint density at radius 1 is 1.00 bits per heavy atom. The van der Waals surface area contributed by atoms with Gasteiger partial charge in [-0.2, -0.15) is 0 Å². The minimum atomic E-state index is -0.481. The number of para-hydroxylation sites is 2. The number of carbonyl (C=O) groups is 1. The van der Waals surface area contributed by atoms with E-state index in [9.17, 15) is 4.79 Å². The van der Waals surface area contributed by atoms with Crippen molar-refractivity contribution < 1.29 is 14.3 Å². The topological polar surface area (TPSA) is 59.8 Å². The molecule has 220 valence electrons. The molecule has 1 amide bonds. The number of imidazole rings is 1. The molecule has 7 heteroatoms. The number of aromatic nitrogens is 2. The second kappa shape index (κ2) is 11.0. The number of ether oxygens (including phenoxy) is 2. The molecular weight excluding hydrogens is 512 g/mol. The molecule has 0 radical (unpaired) electrons. The van der Waals surface area contributed by atoms with E-state index in [1.165, 1.54) is 36.8 Å². The van der Waals surface area contributed by atoms with Crippen molar-refractivity contribution in [3.05, 3.63) is 59.9 Å². The summed E-state index contributed by atoms with van der Waals surface area (Å²) in [5.74, 6) is 2.04. The first-order valence-electron chi connectivity index (χ1n) is 15.5. The third-order valence-corrected chi connectivity index (χ3v) is 9.90. The monoisotopic (exact) mass is 558 g/mol. The fourth-order valence-corrected chi connectivity index (χ4v) is 7.87. The van der Waals surface area contributed by atoms with Crippen LogP contribution in [0.2, 0.25) is 0 Å². The van der Waals surface area contributed by atoms with Gasteiger partial charge >= 0.3 is 6.09 Å².